The van der Waals surface area contributed by atoms with Gasteiger partial charge in [-0.05, 0) is 63.3 Å². The summed E-state index contributed by atoms with van der Waals surface area (Å²) < 4.78 is 10.4. The Labute approximate surface area is 163 Å². The lowest BCUT2D eigenvalue weighted by Gasteiger charge is -2.14. The van der Waals surface area contributed by atoms with Crippen molar-refractivity contribution in [2.75, 3.05) is 13.4 Å². The van der Waals surface area contributed by atoms with Crippen molar-refractivity contribution in [1.29, 1.82) is 0 Å². The zero-order chi connectivity index (χ0) is 20.0. The van der Waals surface area contributed by atoms with Gasteiger partial charge in [-0.2, -0.15) is 0 Å². The molecular formula is C20H24N2O4S. The van der Waals surface area contributed by atoms with Crippen molar-refractivity contribution in [1.82, 2.24) is 9.97 Å². The van der Waals surface area contributed by atoms with E-state index in [1.165, 1.54) is 11.8 Å². The first-order chi connectivity index (χ1) is 12.8. The number of aryl methyl sites for hydroxylation is 2. The van der Waals surface area contributed by atoms with Gasteiger partial charge in [0.2, 0.25) is 5.78 Å². The average molecular weight is 388 g/mol. The number of methoxy groups -OCH3 is 1. The summed E-state index contributed by atoms with van der Waals surface area (Å²) in [5.41, 5.74) is 3.15. The molecule has 0 spiro atoms. The first kappa shape index (κ1) is 20.9. The molecule has 0 saturated carbocycles. The number of hydrogen-bond donors (Lipinski definition) is 0. The molecule has 0 unspecified atom stereocenters. The van der Waals surface area contributed by atoms with Gasteiger partial charge in [-0.25, -0.2) is 9.97 Å². The number of Topliss-reactive ketones (excluding diaryl/α,β-unsaturated/α-hetero) is 1. The maximum atomic E-state index is 12.4. The maximum absolute atomic E-state index is 12.4. The van der Waals surface area contributed by atoms with E-state index >= 15 is 0 Å². The smallest absolute Gasteiger partial charge is 0.306 e. The standard InChI is InChI=1S/C20H24N2O4S/c1-12-17(13(2)22-20(21-12)27-5)10-11-18(23)26-14(3)19(24)15-6-8-16(25-4)9-7-15/h6-9,14H,10-11H2,1-5H3/t14-/m0/s1. The number of ketones is 1. The van der Waals surface area contributed by atoms with Gasteiger partial charge in [-0.1, -0.05) is 11.8 Å². The highest BCUT2D eigenvalue weighted by atomic mass is 32.2. The van der Waals surface area contributed by atoms with E-state index in [9.17, 15) is 9.59 Å². The lowest BCUT2D eigenvalue weighted by molar-refractivity contribution is -0.146. The molecule has 0 amide bonds. The van der Waals surface area contributed by atoms with E-state index in [1.54, 1.807) is 38.3 Å². The summed E-state index contributed by atoms with van der Waals surface area (Å²) in [6.45, 7) is 5.40. The van der Waals surface area contributed by atoms with Crippen LogP contribution in [-0.2, 0) is 16.0 Å². The third-order valence-corrected chi connectivity index (χ3v) is 4.76. The average Bonchev–Trinajstić information content (AvgIpc) is 2.66. The van der Waals surface area contributed by atoms with Gasteiger partial charge in [0, 0.05) is 23.4 Å². The molecule has 1 aromatic carbocycles. The van der Waals surface area contributed by atoms with Crippen molar-refractivity contribution in [3.63, 3.8) is 0 Å². The van der Waals surface area contributed by atoms with Crippen LogP contribution in [0.1, 0.15) is 40.7 Å². The Morgan fingerprint density at radius 2 is 1.70 bits per heavy atom. The molecule has 0 radical (unpaired) electrons. The SMILES string of the molecule is COc1ccc(C(=O)[C@H](C)OC(=O)CCc2c(C)nc(SC)nc2C)cc1. The number of rotatable bonds is 8. The molecule has 0 fully saturated rings. The van der Waals surface area contributed by atoms with Crippen molar-refractivity contribution in [3.05, 3.63) is 46.8 Å². The Morgan fingerprint density at radius 3 is 2.22 bits per heavy atom. The van der Waals surface area contributed by atoms with Crippen molar-refractivity contribution in [3.8, 4) is 5.75 Å². The van der Waals surface area contributed by atoms with Gasteiger partial charge in [-0.3, -0.25) is 9.59 Å². The summed E-state index contributed by atoms with van der Waals surface area (Å²) in [5.74, 6) is -0.000210. The van der Waals surface area contributed by atoms with Crippen LogP contribution >= 0.6 is 11.8 Å². The molecule has 0 aliphatic rings. The van der Waals surface area contributed by atoms with E-state index in [4.69, 9.17) is 9.47 Å². The van der Waals surface area contributed by atoms with Crippen molar-refractivity contribution >= 4 is 23.5 Å². The molecule has 1 atom stereocenters. The van der Waals surface area contributed by atoms with Crippen molar-refractivity contribution in [2.24, 2.45) is 0 Å². The fourth-order valence-electron chi connectivity index (χ4n) is 2.69. The minimum absolute atomic E-state index is 0.171. The lowest BCUT2D eigenvalue weighted by atomic mass is 10.1. The molecule has 0 aliphatic heterocycles. The highest BCUT2D eigenvalue weighted by Gasteiger charge is 2.20. The minimum atomic E-state index is -0.844. The van der Waals surface area contributed by atoms with Gasteiger partial charge in [0.1, 0.15) is 5.75 Å². The zero-order valence-electron chi connectivity index (χ0n) is 16.2. The van der Waals surface area contributed by atoms with Gasteiger partial charge in [-0.15, -0.1) is 0 Å². The second-order valence-electron chi connectivity index (χ2n) is 6.08. The summed E-state index contributed by atoms with van der Waals surface area (Å²) >= 11 is 1.48. The van der Waals surface area contributed by atoms with Gasteiger partial charge in [0.15, 0.2) is 11.3 Å². The first-order valence-corrected chi connectivity index (χ1v) is 9.84. The molecular weight excluding hydrogens is 364 g/mol. The number of ether oxygens (including phenoxy) is 2. The molecule has 144 valence electrons. The van der Waals surface area contributed by atoms with E-state index in [1.807, 2.05) is 20.1 Å². The van der Waals surface area contributed by atoms with Crippen LogP contribution < -0.4 is 4.74 Å². The number of thioether (sulfide) groups is 1. The number of aromatic nitrogens is 2. The largest absolute Gasteiger partial charge is 0.497 e. The number of hydrogen-bond acceptors (Lipinski definition) is 7. The van der Waals surface area contributed by atoms with E-state index in [2.05, 4.69) is 9.97 Å². The summed E-state index contributed by atoms with van der Waals surface area (Å²) in [7, 11) is 1.56. The van der Waals surface area contributed by atoms with Crippen LogP contribution in [0.5, 0.6) is 5.75 Å². The molecule has 0 aliphatic carbocycles. The quantitative estimate of drug-likeness (QED) is 0.296. The number of nitrogens with zero attached hydrogens (tertiary/aromatic N) is 2. The van der Waals surface area contributed by atoms with Gasteiger partial charge in [0.05, 0.1) is 7.11 Å². The molecule has 1 heterocycles. The molecule has 27 heavy (non-hydrogen) atoms. The summed E-state index contributed by atoms with van der Waals surface area (Å²) in [4.78, 5) is 33.4. The van der Waals surface area contributed by atoms with Gasteiger partial charge >= 0.3 is 5.97 Å². The second-order valence-corrected chi connectivity index (χ2v) is 6.86. The van der Waals surface area contributed by atoms with E-state index < -0.39 is 12.1 Å². The second kappa shape index (κ2) is 9.50. The Morgan fingerprint density at radius 1 is 1.11 bits per heavy atom. The molecule has 0 bridgehead atoms. The van der Waals surface area contributed by atoms with Crippen LogP contribution in [0.25, 0.3) is 0 Å². The number of carbonyl (C=O) groups excluding carboxylic acids is 2. The van der Waals surface area contributed by atoms with Gasteiger partial charge in [0.25, 0.3) is 0 Å². The van der Waals surface area contributed by atoms with Crippen molar-refractivity contribution < 1.29 is 19.1 Å². The third kappa shape index (κ3) is 5.53. The number of benzene rings is 1. The maximum Gasteiger partial charge on any atom is 0.306 e. The van der Waals surface area contributed by atoms with Crippen LogP contribution in [-0.4, -0.2) is 41.2 Å². The van der Waals surface area contributed by atoms with Crippen molar-refractivity contribution in [2.45, 2.75) is 44.9 Å². The van der Waals surface area contributed by atoms with Crippen LogP contribution in [0.15, 0.2) is 29.4 Å². The molecule has 2 aromatic rings. The molecule has 7 heteroatoms. The highest BCUT2D eigenvalue weighted by Crippen LogP contribution is 2.18. The monoisotopic (exact) mass is 388 g/mol. The Hall–Kier alpha value is -2.41. The third-order valence-electron chi connectivity index (χ3n) is 4.21. The first-order valence-electron chi connectivity index (χ1n) is 8.61. The molecule has 6 nitrogen and oxygen atoms in total. The fraction of sp³-hybridized carbons (Fsp3) is 0.400. The number of carbonyl (C=O) groups is 2. The molecule has 0 saturated heterocycles. The fourth-order valence-corrected chi connectivity index (χ4v) is 3.14. The minimum Gasteiger partial charge on any atom is -0.497 e. The molecule has 1 aromatic heterocycles. The Kier molecular flexibility index (Phi) is 7.36. The van der Waals surface area contributed by atoms with E-state index in [0.29, 0.717) is 17.7 Å². The van der Waals surface area contributed by atoms with Crippen LogP contribution in [0.2, 0.25) is 0 Å². The summed E-state index contributed by atoms with van der Waals surface area (Å²) in [6, 6.07) is 6.71. The highest BCUT2D eigenvalue weighted by molar-refractivity contribution is 7.98. The van der Waals surface area contributed by atoms with Crippen LogP contribution in [0, 0.1) is 13.8 Å². The normalized spacial score (nSPS) is 11.7. The predicted octanol–water partition coefficient (Wildman–Crippen LogP) is 3.57. The Balaban J connectivity index is 1.94. The van der Waals surface area contributed by atoms with E-state index in [0.717, 1.165) is 22.1 Å². The van der Waals surface area contributed by atoms with E-state index in [-0.39, 0.29) is 12.2 Å². The molecule has 2 rings (SSSR count). The predicted molar refractivity (Wildman–Crippen MR) is 104 cm³/mol. The summed E-state index contributed by atoms with van der Waals surface area (Å²) in [5, 5.41) is 0.718. The lowest BCUT2D eigenvalue weighted by Crippen LogP contribution is -2.24. The number of esters is 1. The topological polar surface area (TPSA) is 78.4 Å². The van der Waals surface area contributed by atoms with Crippen LogP contribution in [0.3, 0.4) is 0 Å². The van der Waals surface area contributed by atoms with Crippen LogP contribution in [0.4, 0.5) is 0 Å². The van der Waals surface area contributed by atoms with Gasteiger partial charge < -0.3 is 9.47 Å². The summed E-state index contributed by atoms with van der Waals surface area (Å²) in [6.07, 6.45) is 1.73. The molecule has 0 N–H and O–H groups in total. The Bertz CT molecular complexity index is 798. The zero-order valence-corrected chi connectivity index (χ0v) is 17.1.